The van der Waals surface area contributed by atoms with Crippen LogP contribution < -0.4 is 0 Å². The minimum Gasteiger partial charge on any atom is -0.478 e. The maximum Gasteiger partial charge on any atom is 0.328 e. The summed E-state index contributed by atoms with van der Waals surface area (Å²) in [5.41, 5.74) is 0.822. The van der Waals surface area contributed by atoms with Gasteiger partial charge in [-0.15, -0.1) is 0 Å². The molecule has 1 aliphatic rings. The SMILES string of the molecule is O=C(O)C=CC1=CCC(O)C=C1. The number of carboxylic acid groups (broad SMARTS) is 1. The van der Waals surface area contributed by atoms with E-state index in [4.69, 9.17) is 10.2 Å². The van der Waals surface area contributed by atoms with E-state index in [0.717, 1.165) is 11.6 Å². The molecule has 1 atom stereocenters. The fraction of sp³-hybridized carbons (Fsp3) is 0.222. The Morgan fingerprint density at radius 3 is 2.92 bits per heavy atom. The van der Waals surface area contributed by atoms with Gasteiger partial charge in [-0.3, -0.25) is 0 Å². The van der Waals surface area contributed by atoms with Gasteiger partial charge in [-0.05, 0) is 18.1 Å². The number of carbonyl (C=O) groups is 1. The summed E-state index contributed by atoms with van der Waals surface area (Å²) in [5, 5.41) is 17.3. The van der Waals surface area contributed by atoms with E-state index in [-0.39, 0.29) is 0 Å². The Bertz CT molecular complexity index is 261. The number of hydrogen-bond acceptors (Lipinski definition) is 2. The topological polar surface area (TPSA) is 57.5 Å². The molecule has 1 rings (SSSR count). The normalized spacial score (nSPS) is 22.8. The number of aliphatic hydroxyl groups excluding tert-OH is 1. The van der Waals surface area contributed by atoms with Gasteiger partial charge in [0, 0.05) is 6.08 Å². The Labute approximate surface area is 70.3 Å². The van der Waals surface area contributed by atoms with Crippen LogP contribution in [0.25, 0.3) is 0 Å². The van der Waals surface area contributed by atoms with Gasteiger partial charge in [-0.2, -0.15) is 0 Å². The van der Waals surface area contributed by atoms with Crippen LogP contribution in [0.5, 0.6) is 0 Å². The molecular formula is C9H10O3. The molecule has 64 valence electrons. The highest BCUT2D eigenvalue weighted by Crippen LogP contribution is 2.10. The van der Waals surface area contributed by atoms with E-state index in [1.54, 1.807) is 18.2 Å². The van der Waals surface area contributed by atoms with Crippen molar-refractivity contribution in [2.45, 2.75) is 12.5 Å². The molecule has 0 aromatic carbocycles. The van der Waals surface area contributed by atoms with Crippen molar-refractivity contribution in [3.8, 4) is 0 Å². The maximum absolute atomic E-state index is 10.1. The molecule has 0 aromatic heterocycles. The van der Waals surface area contributed by atoms with E-state index >= 15 is 0 Å². The van der Waals surface area contributed by atoms with Gasteiger partial charge in [0.15, 0.2) is 0 Å². The summed E-state index contributed by atoms with van der Waals surface area (Å²) in [5.74, 6) is -0.963. The highest BCUT2D eigenvalue weighted by Gasteiger charge is 2.01. The van der Waals surface area contributed by atoms with Crippen LogP contribution in [0, 0.1) is 0 Å². The van der Waals surface area contributed by atoms with E-state index in [1.165, 1.54) is 6.08 Å². The summed E-state index contributed by atoms with van der Waals surface area (Å²) in [6.45, 7) is 0. The molecule has 0 spiro atoms. The van der Waals surface area contributed by atoms with Crippen LogP contribution in [0.4, 0.5) is 0 Å². The lowest BCUT2D eigenvalue weighted by molar-refractivity contribution is -0.131. The molecule has 0 heterocycles. The number of allylic oxidation sites excluding steroid dienone is 3. The minimum atomic E-state index is -0.963. The van der Waals surface area contributed by atoms with Crippen LogP contribution in [-0.4, -0.2) is 22.3 Å². The molecular weight excluding hydrogens is 156 g/mol. The Kier molecular flexibility index (Phi) is 2.82. The molecule has 0 radical (unpaired) electrons. The number of rotatable bonds is 2. The zero-order valence-corrected chi connectivity index (χ0v) is 6.47. The van der Waals surface area contributed by atoms with Gasteiger partial charge >= 0.3 is 5.97 Å². The summed E-state index contributed by atoms with van der Waals surface area (Å²) in [7, 11) is 0. The van der Waals surface area contributed by atoms with Gasteiger partial charge in [0.2, 0.25) is 0 Å². The summed E-state index contributed by atoms with van der Waals surface area (Å²) >= 11 is 0. The molecule has 0 amide bonds. The fourth-order valence-corrected chi connectivity index (χ4v) is 0.917. The van der Waals surface area contributed by atoms with E-state index in [1.807, 2.05) is 0 Å². The second-order valence-corrected chi connectivity index (χ2v) is 2.54. The maximum atomic E-state index is 10.1. The average Bonchev–Trinajstić information content (AvgIpc) is 2.03. The molecule has 3 heteroatoms. The smallest absolute Gasteiger partial charge is 0.328 e. The number of aliphatic hydroxyl groups is 1. The second kappa shape index (κ2) is 3.88. The first kappa shape index (κ1) is 8.74. The lowest BCUT2D eigenvalue weighted by Crippen LogP contribution is -2.03. The zero-order valence-electron chi connectivity index (χ0n) is 6.47. The Hall–Kier alpha value is -1.35. The highest BCUT2D eigenvalue weighted by molar-refractivity contribution is 5.80. The highest BCUT2D eigenvalue weighted by atomic mass is 16.4. The Morgan fingerprint density at radius 2 is 2.42 bits per heavy atom. The van der Waals surface area contributed by atoms with Crippen molar-refractivity contribution >= 4 is 5.97 Å². The quantitative estimate of drug-likeness (QED) is 0.598. The molecule has 2 N–H and O–H groups in total. The van der Waals surface area contributed by atoms with Gasteiger partial charge in [0.1, 0.15) is 0 Å². The fourth-order valence-electron chi connectivity index (χ4n) is 0.917. The van der Waals surface area contributed by atoms with Crippen LogP contribution in [0.1, 0.15) is 6.42 Å². The third-order valence-electron chi connectivity index (χ3n) is 1.52. The standard InChI is InChI=1S/C9H10O3/c10-8-4-1-7(2-5-8)3-6-9(11)12/h1-4,6,8,10H,5H2,(H,11,12). The van der Waals surface area contributed by atoms with Crippen molar-refractivity contribution in [1.29, 1.82) is 0 Å². The van der Waals surface area contributed by atoms with Gasteiger partial charge in [-0.25, -0.2) is 4.79 Å². The van der Waals surface area contributed by atoms with Crippen molar-refractivity contribution in [3.05, 3.63) is 36.0 Å². The van der Waals surface area contributed by atoms with Crippen molar-refractivity contribution < 1.29 is 15.0 Å². The predicted molar refractivity (Wildman–Crippen MR) is 44.6 cm³/mol. The number of carboxylic acids is 1. The Balaban J connectivity index is 2.56. The molecule has 0 aromatic rings. The van der Waals surface area contributed by atoms with Gasteiger partial charge in [0.25, 0.3) is 0 Å². The van der Waals surface area contributed by atoms with Crippen molar-refractivity contribution in [1.82, 2.24) is 0 Å². The van der Waals surface area contributed by atoms with Crippen LogP contribution in [0.3, 0.4) is 0 Å². The van der Waals surface area contributed by atoms with Gasteiger partial charge in [0.05, 0.1) is 6.10 Å². The number of aliphatic carboxylic acids is 1. The third kappa shape index (κ3) is 2.72. The summed E-state index contributed by atoms with van der Waals surface area (Å²) in [6, 6.07) is 0. The largest absolute Gasteiger partial charge is 0.478 e. The van der Waals surface area contributed by atoms with E-state index in [2.05, 4.69) is 0 Å². The first-order valence-electron chi connectivity index (χ1n) is 3.66. The molecule has 0 saturated heterocycles. The average molecular weight is 166 g/mol. The predicted octanol–water partition coefficient (Wildman–Crippen LogP) is 0.874. The molecule has 0 saturated carbocycles. The van der Waals surface area contributed by atoms with Crippen molar-refractivity contribution in [2.75, 3.05) is 0 Å². The Morgan fingerprint density at radius 1 is 1.67 bits per heavy atom. The lowest BCUT2D eigenvalue weighted by atomic mass is 10.1. The molecule has 3 nitrogen and oxygen atoms in total. The molecule has 0 aliphatic heterocycles. The van der Waals surface area contributed by atoms with Gasteiger partial charge < -0.3 is 10.2 Å². The van der Waals surface area contributed by atoms with Gasteiger partial charge in [-0.1, -0.05) is 18.2 Å². The number of hydrogen-bond donors (Lipinski definition) is 2. The molecule has 12 heavy (non-hydrogen) atoms. The molecule has 1 unspecified atom stereocenters. The summed E-state index contributed by atoms with van der Waals surface area (Å²) < 4.78 is 0. The monoisotopic (exact) mass is 166 g/mol. The first-order valence-corrected chi connectivity index (χ1v) is 3.66. The minimum absolute atomic E-state index is 0.424. The van der Waals surface area contributed by atoms with Crippen LogP contribution in [0.2, 0.25) is 0 Å². The van der Waals surface area contributed by atoms with Crippen LogP contribution in [0.15, 0.2) is 36.0 Å². The molecule has 0 fully saturated rings. The molecule has 1 aliphatic carbocycles. The first-order chi connectivity index (χ1) is 5.68. The zero-order chi connectivity index (χ0) is 8.97. The van der Waals surface area contributed by atoms with E-state index in [9.17, 15) is 4.79 Å². The lowest BCUT2D eigenvalue weighted by Gasteiger charge is -2.07. The van der Waals surface area contributed by atoms with Crippen molar-refractivity contribution in [3.63, 3.8) is 0 Å². The van der Waals surface area contributed by atoms with Crippen LogP contribution >= 0.6 is 0 Å². The van der Waals surface area contributed by atoms with Crippen LogP contribution in [-0.2, 0) is 4.79 Å². The third-order valence-corrected chi connectivity index (χ3v) is 1.52. The summed E-state index contributed by atoms with van der Waals surface area (Å²) in [6.07, 6.45) is 7.85. The van der Waals surface area contributed by atoms with E-state index < -0.39 is 12.1 Å². The van der Waals surface area contributed by atoms with E-state index in [0.29, 0.717) is 6.42 Å². The summed E-state index contributed by atoms with van der Waals surface area (Å²) in [4.78, 5) is 10.1. The van der Waals surface area contributed by atoms with Crippen molar-refractivity contribution in [2.24, 2.45) is 0 Å². The second-order valence-electron chi connectivity index (χ2n) is 2.54. The molecule has 0 bridgehead atoms.